The first-order valence-electron chi connectivity index (χ1n) is 8.38. The maximum atomic E-state index is 12.7. The summed E-state index contributed by atoms with van der Waals surface area (Å²) >= 11 is 1.42. The molecule has 0 atom stereocenters. The van der Waals surface area contributed by atoms with Crippen LogP contribution >= 0.6 is 11.3 Å². The van der Waals surface area contributed by atoms with Crippen LogP contribution in [-0.2, 0) is 6.42 Å². The van der Waals surface area contributed by atoms with Gasteiger partial charge in [-0.25, -0.2) is 4.98 Å². The highest BCUT2D eigenvalue weighted by Gasteiger charge is 2.36. The number of amides is 1. The quantitative estimate of drug-likeness (QED) is 0.510. The molecule has 0 bridgehead atoms. The SMILES string of the molecule is Cc1c(C(=O)Nc2nc3ccccc3s2)oc2c1/C(=N\O)CC(C)(C)C2. The lowest BCUT2D eigenvalue weighted by molar-refractivity contribution is 0.0993. The number of hydrogen-bond acceptors (Lipinski definition) is 6. The molecular weight excluding hydrogens is 350 g/mol. The molecule has 6 nitrogen and oxygen atoms in total. The van der Waals surface area contributed by atoms with E-state index >= 15 is 0 Å². The van der Waals surface area contributed by atoms with E-state index < -0.39 is 0 Å². The van der Waals surface area contributed by atoms with Crippen molar-refractivity contribution in [3.8, 4) is 0 Å². The molecule has 1 amide bonds. The highest BCUT2D eigenvalue weighted by atomic mass is 32.1. The number of para-hydroxylation sites is 1. The van der Waals surface area contributed by atoms with E-state index in [1.54, 1.807) is 0 Å². The average molecular weight is 369 g/mol. The third-order valence-corrected chi connectivity index (χ3v) is 5.59. The van der Waals surface area contributed by atoms with E-state index in [0.29, 0.717) is 35.0 Å². The van der Waals surface area contributed by atoms with Crippen LogP contribution in [0.1, 0.15) is 47.7 Å². The second-order valence-electron chi connectivity index (χ2n) is 7.36. The Kier molecular flexibility index (Phi) is 3.84. The fourth-order valence-electron chi connectivity index (χ4n) is 3.50. The van der Waals surface area contributed by atoms with Crippen LogP contribution in [0.5, 0.6) is 0 Å². The van der Waals surface area contributed by atoms with Crippen LogP contribution in [-0.4, -0.2) is 21.8 Å². The minimum Gasteiger partial charge on any atom is -0.455 e. The molecule has 2 aromatic heterocycles. The predicted octanol–water partition coefficient (Wildman–Crippen LogP) is 4.60. The van der Waals surface area contributed by atoms with Gasteiger partial charge in [0.2, 0.25) is 0 Å². The first-order chi connectivity index (χ1) is 12.4. The Bertz CT molecular complexity index is 1010. The number of carbonyl (C=O) groups is 1. The second-order valence-corrected chi connectivity index (χ2v) is 8.39. The van der Waals surface area contributed by atoms with Gasteiger partial charge in [-0.1, -0.05) is 42.5 Å². The Balaban J connectivity index is 1.68. The third kappa shape index (κ3) is 2.78. The number of anilines is 1. The average Bonchev–Trinajstić information content (AvgIpc) is 3.13. The molecule has 0 aliphatic heterocycles. The van der Waals surface area contributed by atoms with Crippen LogP contribution in [0.25, 0.3) is 10.2 Å². The molecule has 7 heteroatoms. The smallest absolute Gasteiger partial charge is 0.293 e. The first-order valence-corrected chi connectivity index (χ1v) is 9.20. The number of benzene rings is 1. The van der Waals surface area contributed by atoms with Gasteiger partial charge in [-0.15, -0.1) is 0 Å². The number of nitrogens with one attached hydrogen (secondary N) is 1. The van der Waals surface area contributed by atoms with Gasteiger partial charge in [0.05, 0.1) is 15.9 Å². The topological polar surface area (TPSA) is 87.7 Å². The largest absolute Gasteiger partial charge is 0.455 e. The maximum Gasteiger partial charge on any atom is 0.293 e. The number of furan rings is 1. The van der Waals surface area contributed by atoms with E-state index in [1.807, 2.05) is 31.2 Å². The highest BCUT2D eigenvalue weighted by Crippen LogP contribution is 2.39. The summed E-state index contributed by atoms with van der Waals surface area (Å²) in [7, 11) is 0. The van der Waals surface area contributed by atoms with Crippen molar-refractivity contribution in [3.63, 3.8) is 0 Å². The molecule has 0 radical (unpaired) electrons. The van der Waals surface area contributed by atoms with Crippen molar-refractivity contribution >= 4 is 38.3 Å². The monoisotopic (exact) mass is 369 g/mol. The van der Waals surface area contributed by atoms with Crippen molar-refractivity contribution in [1.29, 1.82) is 0 Å². The van der Waals surface area contributed by atoms with Crippen LogP contribution in [0.3, 0.4) is 0 Å². The normalized spacial score (nSPS) is 17.4. The zero-order valence-electron chi connectivity index (χ0n) is 14.8. The molecule has 134 valence electrons. The number of oxime groups is 1. The molecule has 0 unspecified atom stereocenters. The summed E-state index contributed by atoms with van der Waals surface area (Å²) in [6, 6.07) is 7.72. The van der Waals surface area contributed by atoms with Crippen LogP contribution in [0, 0.1) is 12.3 Å². The molecule has 1 aromatic carbocycles. The molecule has 0 fully saturated rings. The molecule has 2 heterocycles. The second kappa shape index (κ2) is 5.95. The Labute approximate surface area is 154 Å². The van der Waals surface area contributed by atoms with E-state index in [4.69, 9.17) is 4.42 Å². The zero-order chi connectivity index (χ0) is 18.5. The van der Waals surface area contributed by atoms with Crippen molar-refractivity contribution in [2.45, 2.75) is 33.6 Å². The minimum absolute atomic E-state index is 0.0837. The first kappa shape index (κ1) is 16.8. The van der Waals surface area contributed by atoms with Crippen molar-refractivity contribution in [1.82, 2.24) is 4.98 Å². The molecule has 1 aliphatic carbocycles. The molecule has 0 spiro atoms. The van der Waals surface area contributed by atoms with E-state index in [9.17, 15) is 10.0 Å². The van der Waals surface area contributed by atoms with E-state index in [-0.39, 0.29) is 17.1 Å². The van der Waals surface area contributed by atoms with Gasteiger partial charge in [-0.05, 0) is 30.9 Å². The number of hydrogen-bond donors (Lipinski definition) is 2. The van der Waals surface area contributed by atoms with Crippen molar-refractivity contribution in [3.05, 3.63) is 46.9 Å². The Morgan fingerprint density at radius 3 is 2.85 bits per heavy atom. The maximum absolute atomic E-state index is 12.7. The molecule has 0 saturated carbocycles. The molecule has 26 heavy (non-hydrogen) atoms. The fourth-order valence-corrected chi connectivity index (χ4v) is 4.36. The third-order valence-electron chi connectivity index (χ3n) is 4.63. The molecule has 2 N–H and O–H groups in total. The lowest BCUT2D eigenvalue weighted by Crippen LogP contribution is -2.27. The standard InChI is InChI=1S/C19H19N3O3S/c1-10-15-12(22-24)8-19(2,3)9-13(15)25-16(10)17(23)21-18-20-11-6-4-5-7-14(11)26-18/h4-7,24H,8-9H2,1-3H3,(H,20,21,23)/b22-12-. The molecule has 4 rings (SSSR count). The van der Waals surface area contributed by atoms with Gasteiger partial charge < -0.3 is 9.62 Å². The van der Waals surface area contributed by atoms with Gasteiger partial charge in [-0.3, -0.25) is 10.1 Å². The van der Waals surface area contributed by atoms with E-state index in [1.165, 1.54) is 11.3 Å². The highest BCUT2D eigenvalue weighted by molar-refractivity contribution is 7.22. The Morgan fingerprint density at radius 1 is 1.35 bits per heavy atom. The summed E-state index contributed by atoms with van der Waals surface area (Å²) in [6.07, 6.45) is 1.33. The van der Waals surface area contributed by atoms with Gasteiger partial charge in [0.1, 0.15) is 5.76 Å². The summed E-state index contributed by atoms with van der Waals surface area (Å²) in [4.78, 5) is 17.2. The van der Waals surface area contributed by atoms with E-state index in [0.717, 1.165) is 15.8 Å². The van der Waals surface area contributed by atoms with Crippen molar-refractivity contribution in [2.24, 2.45) is 10.6 Å². The van der Waals surface area contributed by atoms with Gasteiger partial charge in [-0.2, -0.15) is 0 Å². The van der Waals surface area contributed by atoms with Gasteiger partial charge in [0.25, 0.3) is 5.91 Å². The lowest BCUT2D eigenvalue weighted by atomic mass is 9.75. The molecule has 1 aliphatic rings. The molecular formula is C19H19N3O3S. The molecule has 3 aromatic rings. The number of carbonyl (C=O) groups excluding carboxylic acids is 1. The van der Waals surface area contributed by atoms with Crippen LogP contribution < -0.4 is 5.32 Å². The summed E-state index contributed by atoms with van der Waals surface area (Å²) in [5.41, 5.74) is 2.78. The van der Waals surface area contributed by atoms with Gasteiger partial charge >= 0.3 is 0 Å². The minimum atomic E-state index is -0.342. The van der Waals surface area contributed by atoms with E-state index in [2.05, 4.69) is 29.3 Å². The van der Waals surface area contributed by atoms with Crippen molar-refractivity contribution < 1.29 is 14.4 Å². The van der Waals surface area contributed by atoms with Crippen LogP contribution in [0.15, 0.2) is 33.8 Å². The predicted molar refractivity (Wildman–Crippen MR) is 101 cm³/mol. The fraction of sp³-hybridized carbons (Fsp3) is 0.316. The zero-order valence-corrected chi connectivity index (χ0v) is 15.6. The van der Waals surface area contributed by atoms with Crippen molar-refractivity contribution in [2.75, 3.05) is 5.32 Å². The van der Waals surface area contributed by atoms with Crippen LogP contribution in [0.2, 0.25) is 0 Å². The van der Waals surface area contributed by atoms with Gasteiger partial charge in [0, 0.05) is 17.5 Å². The lowest BCUT2D eigenvalue weighted by Gasteiger charge is -2.28. The van der Waals surface area contributed by atoms with Crippen LogP contribution in [0.4, 0.5) is 5.13 Å². The summed E-state index contributed by atoms with van der Waals surface area (Å²) in [5.74, 6) is 0.597. The summed E-state index contributed by atoms with van der Waals surface area (Å²) in [5, 5.41) is 16.2. The van der Waals surface area contributed by atoms with Gasteiger partial charge in [0.15, 0.2) is 10.9 Å². The number of thiazole rings is 1. The number of aromatic nitrogens is 1. The number of rotatable bonds is 2. The Hall–Kier alpha value is -2.67. The Morgan fingerprint density at radius 2 is 2.12 bits per heavy atom. The molecule has 0 saturated heterocycles. The number of nitrogens with zero attached hydrogens (tertiary/aromatic N) is 2. The summed E-state index contributed by atoms with van der Waals surface area (Å²) < 4.78 is 6.89. The number of fused-ring (bicyclic) bond motifs is 2. The summed E-state index contributed by atoms with van der Waals surface area (Å²) in [6.45, 7) is 5.98.